The van der Waals surface area contributed by atoms with Gasteiger partial charge in [0, 0.05) is 57.4 Å². The van der Waals surface area contributed by atoms with Crippen LogP contribution in [0.4, 0.5) is 0 Å². The first-order valence-electron chi connectivity index (χ1n) is 17.1. The van der Waals surface area contributed by atoms with E-state index in [4.69, 9.17) is 34.2 Å². The Hall–Kier alpha value is -1.61. The van der Waals surface area contributed by atoms with Gasteiger partial charge >= 0.3 is 17.9 Å². The van der Waals surface area contributed by atoms with Crippen molar-refractivity contribution < 1.29 is 130 Å². The van der Waals surface area contributed by atoms with Crippen LogP contribution < -0.4 is 5.73 Å². The zero-order valence-corrected chi connectivity index (χ0v) is 32.5. The van der Waals surface area contributed by atoms with Crippen LogP contribution in [0.5, 0.6) is 0 Å². The van der Waals surface area contributed by atoms with Gasteiger partial charge in [0.2, 0.25) is 0 Å². The fourth-order valence-corrected chi connectivity index (χ4v) is 6.72. The van der Waals surface area contributed by atoms with Crippen LogP contribution in [0.2, 0.25) is 0 Å². The van der Waals surface area contributed by atoms with E-state index in [1.807, 2.05) is 0 Å². The van der Waals surface area contributed by atoms with E-state index in [9.17, 15) is 80.8 Å². The van der Waals surface area contributed by atoms with Crippen LogP contribution in [-0.2, 0) is 63.2 Å². The standard InChI is InChI=1S/C31H53NO22.CH3.Pd/c1-11-14(34)4-29(26(43)44,52-23(11)20(40)17(37)7-33)49-8-18(38)21(41)24-12(2)15(35)5-30(53-24,27(45)46)50-9-19(39)22(42)25-13(3)16(36)6-31(54-25,28(47)48)51-10-32;;/h11-25,33-42H,4-10,32H2,1-3H3,(H,43,44)(H,45,46)(H,47,48);1H3;/q;-1;/t11-,12-,13-,14?,15-,16-,17-,18-,19-,20-,21-,22-,23-,24-,25-,29?,30?,31?;;/m1../s1. The van der Waals surface area contributed by atoms with Gasteiger partial charge in [-0.05, 0) is 0 Å². The molecule has 56 heavy (non-hydrogen) atoms. The van der Waals surface area contributed by atoms with Gasteiger partial charge in [-0.3, -0.25) is 0 Å². The van der Waals surface area contributed by atoms with E-state index in [-0.39, 0.29) is 27.8 Å². The SMILES string of the molecule is C[C@H]1[C@H]([C@H](O)[C@H](O)COC2(C(=O)O)C[C@@H](O)[C@@H](C)[C@H]([C@H](O)[C@H](O)COC3(C(=O)O)CC(O)[C@@H](C)[C@H]([C@H](O)[C@H](O)CO)O3)O2)OC(OCN)(C(=O)O)C[C@H]1O.[CH3-].[Pd]. The first kappa shape index (κ1) is 52.4. The Bertz CT molecular complexity index is 1290. The number of aliphatic carboxylic acids is 3. The maximum atomic E-state index is 12.6. The summed E-state index contributed by atoms with van der Waals surface area (Å²) in [5, 5.41) is 135. The molecule has 4 unspecified atom stereocenters. The van der Waals surface area contributed by atoms with E-state index in [0.717, 1.165) is 0 Å². The molecule has 0 amide bonds. The average Bonchev–Trinajstić information content (AvgIpc) is 3.12. The summed E-state index contributed by atoms with van der Waals surface area (Å²) in [4.78, 5) is 36.9. The summed E-state index contributed by atoms with van der Waals surface area (Å²) in [5.74, 6) is -16.7. The fraction of sp³-hybridized carbons (Fsp3) is 0.875. The van der Waals surface area contributed by atoms with Crippen LogP contribution >= 0.6 is 0 Å². The molecule has 3 fully saturated rings. The molecule has 0 spiro atoms. The van der Waals surface area contributed by atoms with E-state index in [2.05, 4.69) is 0 Å². The normalized spacial score (nSPS) is 39.4. The number of carboxylic acids is 3. The van der Waals surface area contributed by atoms with E-state index in [0.29, 0.717) is 0 Å². The third kappa shape index (κ3) is 11.0. The summed E-state index contributed by atoms with van der Waals surface area (Å²) in [7, 11) is 0. The van der Waals surface area contributed by atoms with Gasteiger partial charge in [0.1, 0.15) is 36.6 Å². The number of ether oxygens (including phenoxy) is 6. The Balaban J connectivity index is 0.00000784. The first-order valence-corrected chi connectivity index (χ1v) is 17.1. The molecule has 0 radical (unpaired) electrons. The van der Waals surface area contributed by atoms with Gasteiger partial charge in [0.25, 0.3) is 17.4 Å². The van der Waals surface area contributed by atoms with Gasteiger partial charge in [-0.15, -0.1) is 0 Å². The molecule has 0 saturated carbocycles. The molecule has 0 aromatic carbocycles. The number of carbonyl (C=O) groups is 3. The molecule has 15 N–H and O–H groups in total. The third-order valence-electron chi connectivity index (χ3n) is 10.4. The number of nitrogens with two attached hydrogens (primary N) is 1. The Labute approximate surface area is 335 Å². The van der Waals surface area contributed by atoms with Crippen molar-refractivity contribution in [1.29, 1.82) is 0 Å². The summed E-state index contributed by atoms with van der Waals surface area (Å²) >= 11 is 0. The van der Waals surface area contributed by atoms with Crippen molar-refractivity contribution >= 4 is 17.9 Å². The molecule has 0 aromatic rings. The molecule has 0 aromatic heterocycles. The molecule has 24 heteroatoms. The number of hydrogen-bond donors (Lipinski definition) is 14. The smallest absolute Gasteiger partial charge is 0.364 e. The largest absolute Gasteiger partial charge is 0.477 e. The minimum absolute atomic E-state index is 0. The molecular formula is C32H56NO22Pd-. The summed E-state index contributed by atoms with van der Waals surface area (Å²) < 4.78 is 32.3. The summed E-state index contributed by atoms with van der Waals surface area (Å²) in [6.45, 7) is 0.263. The number of rotatable bonds is 18. The molecule has 3 aliphatic heterocycles. The Morgan fingerprint density at radius 2 is 0.875 bits per heavy atom. The Morgan fingerprint density at radius 3 is 1.12 bits per heavy atom. The second kappa shape index (κ2) is 21.1. The van der Waals surface area contributed by atoms with Crippen molar-refractivity contribution in [3.8, 4) is 0 Å². The number of carboxylic acid groups (broad SMARTS) is 3. The third-order valence-corrected chi connectivity index (χ3v) is 10.4. The van der Waals surface area contributed by atoms with Crippen molar-refractivity contribution in [1.82, 2.24) is 0 Å². The monoisotopic (exact) mass is 912 g/mol. The summed E-state index contributed by atoms with van der Waals surface area (Å²) in [6, 6.07) is 0. The molecule has 0 bridgehead atoms. The van der Waals surface area contributed by atoms with Crippen LogP contribution in [0.3, 0.4) is 0 Å². The van der Waals surface area contributed by atoms with Gasteiger partial charge < -0.3 is 108 Å². The zero-order chi connectivity index (χ0) is 41.1. The maximum Gasteiger partial charge on any atom is 0.364 e. The van der Waals surface area contributed by atoms with Crippen molar-refractivity contribution in [2.45, 2.75) is 131 Å². The summed E-state index contributed by atoms with van der Waals surface area (Å²) in [6.07, 6.45) is -23.9. The molecule has 3 rings (SSSR count). The van der Waals surface area contributed by atoms with Gasteiger partial charge in [-0.2, -0.15) is 0 Å². The second-order valence-electron chi connectivity index (χ2n) is 14.1. The molecule has 0 aliphatic carbocycles. The van der Waals surface area contributed by atoms with Crippen molar-refractivity contribution in [3.63, 3.8) is 0 Å². The molecule has 23 nitrogen and oxygen atoms in total. The average molecular weight is 913 g/mol. The first-order chi connectivity index (χ1) is 25.0. The topological polar surface area (TPSA) is 396 Å². The zero-order valence-electron chi connectivity index (χ0n) is 31.0. The maximum absolute atomic E-state index is 12.6. The predicted octanol–water partition coefficient (Wildman–Crippen LogP) is -5.74. The molecule has 332 valence electrons. The van der Waals surface area contributed by atoms with Crippen LogP contribution in [0.25, 0.3) is 0 Å². The van der Waals surface area contributed by atoms with Crippen molar-refractivity contribution in [2.24, 2.45) is 23.5 Å². The molecule has 3 heterocycles. The molecule has 18 atom stereocenters. The number of aliphatic hydroxyl groups excluding tert-OH is 10. The van der Waals surface area contributed by atoms with Crippen molar-refractivity contribution in [3.05, 3.63) is 7.43 Å². The quantitative estimate of drug-likeness (QED) is 0.0346. The van der Waals surface area contributed by atoms with E-state index < -0.39 is 172 Å². The van der Waals surface area contributed by atoms with E-state index >= 15 is 0 Å². The molecule has 3 aliphatic rings. The fourth-order valence-electron chi connectivity index (χ4n) is 6.72. The summed E-state index contributed by atoms with van der Waals surface area (Å²) in [5.41, 5.74) is 5.32. The van der Waals surface area contributed by atoms with Crippen molar-refractivity contribution in [2.75, 3.05) is 26.6 Å². The molecular weight excluding hydrogens is 857 g/mol. The number of hydrogen-bond acceptors (Lipinski definition) is 20. The minimum Gasteiger partial charge on any atom is -0.477 e. The van der Waals surface area contributed by atoms with Gasteiger partial charge in [0.05, 0.1) is 63.2 Å². The predicted molar refractivity (Wildman–Crippen MR) is 177 cm³/mol. The Morgan fingerprint density at radius 1 is 0.607 bits per heavy atom. The Kier molecular flexibility index (Phi) is 19.7. The number of aliphatic hydroxyl groups is 10. The molecule has 3 saturated heterocycles. The van der Waals surface area contributed by atoms with Gasteiger partial charge in [-0.25, -0.2) is 14.4 Å². The van der Waals surface area contributed by atoms with Crippen LogP contribution in [0.1, 0.15) is 40.0 Å². The van der Waals surface area contributed by atoms with E-state index in [1.54, 1.807) is 0 Å². The van der Waals surface area contributed by atoms with Gasteiger partial charge in [0.15, 0.2) is 0 Å². The van der Waals surface area contributed by atoms with Gasteiger partial charge in [-0.1, -0.05) is 20.8 Å². The van der Waals surface area contributed by atoms with Crippen LogP contribution in [0, 0.1) is 25.2 Å². The van der Waals surface area contributed by atoms with Crippen LogP contribution in [0.15, 0.2) is 0 Å². The van der Waals surface area contributed by atoms with Crippen LogP contribution in [-0.4, -0.2) is 201 Å². The van der Waals surface area contributed by atoms with E-state index in [1.165, 1.54) is 20.8 Å². The second-order valence-corrected chi connectivity index (χ2v) is 14.1. The minimum atomic E-state index is -2.86.